The molecule has 1 heterocycles. The number of carbonyl (C=O) groups excluding carboxylic acids is 2. The first kappa shape index (κ1) is 20.2. The van der Waals surface area contributed by atoms with Crippen LogP contribution in [0.1, 0.15) is 45.0 Å². The van der Waals surface area contributed by atoms with Crippen molar-refractivity contribution in [1.29, 1.82) is 0 Å². The lowest BCUT2D eigenvalue weighted by molar-refractivity contribution is -0.117. The van der Waals surface area contributed by atoms with Crippen molar-refractivity contribution >= 4 is 23.2 Å². The van der Waals surface area contributed by atoms with E-state index in [2.05, 4.69) is 41.6 Å². The normalized spacial score (nSPS) is 17.5. The van der Waals surface area contributed by atoms with Crippen molar-refractivity contribution in [2.45, 2.75) is 40.7 Å². The fourth-order valence-electron chi connectivity index (χ4n) is 3.18. The predicted octanol–water partition coefficient (Wildman–Crippen LogP) is 2.78. The minimum atomic E-state index is -0.247. The highest BCUT2D eigenvalue weighted by atomic mass is 16.2. The predicted molar refractivity (Wildman–Crippen MR) is 107 cm³/mol. The summed E-state index contributed by atoms with van der Waals surface area (Å²) in [5, 5.41) is 9.15. The van der Waals surface area contributed by atoms with E-state index >= 15 is 0 Å². The van der Waals surface area contributed by atoms with Crippen LogP contribution in [0.15, 0.2) is 18.2 Å². The maximum atomic E-state index is 12.5. The van der Waals surface area contributed by atoms with Gasteiger partial charge < -0.3 is 20.9 Å². The van der Waals surface area contributed by atoms with Crippen LogP contribution in [-0.4, -0.2) is 48.9 Å². The number of carbonyl (C=O) groups is 2. The molecule has 0 unspecified atom stereocenters. The van der Waals surface area contributed by atoms with Gasteiger partial charge in [0, 0.05) is 18.7 Å². The summed E-state index contributed by atoms with van der Waals surface area (Å²) >= 11 is 0. The summed E-state index contributed by atoms with van der Waals surface area (Å²) in [6.07, 6.45) is 0. The molecule has 2 amide bonds. The Morgan fingerprint density at radius 1 is 1.19 bits per heavy atom. The number of fused-ring (bicyclic) bond motifs is 1. The average Bonchev–Trinajstić information content (AvgIpc) is 2.62. The first-order chi connectivity index (χ1) is 12.3. The molecule has 0 aromatic heterocycles. The topological polar surface area (TPSA) is 73.5 Å². The molecule has 1 aromatic rings. The molecule has 3 N–H and O–H groups in total. The van der Waals surface area contributed by atoms with Gasteiger partial charge in [-0.15, -0.1) is 0 Å². The molecule has 144 valence electrons. The molecule has 1 aliphatic rings. The minimum Gasteiger partial charge on any atom is -0.372 e. The quantitative estimate of drug-likeness (QED) is 0.666. The van der Waals surface area contributed by atoms with Crippen molar-refractivity contribution in [2.24, 2.45) is 11.8 Å². The van der Waals surface area contributed by atoms with Gasteiger partial charge in [0.25, 0.3) is 5.91 Å². The van der Waals surface area contributed by atoms with Crippen LogP contribution in [-0.2, 0) is 4.79 Å². The molecule has 0 fully saturated rings. The number of amides is 2. The summed E-state index contributed by atoms with van der Waals surface area (Å²) in [5.74, 6) is 0.403. The number of hydrogen-bond acceptors (Lipinski definition) is 4. The lowest BCUT2D eigenvalue weighted by Crippen LogP contribution is -2.42. The zero-order valence-corrected chi connectivity index (χ0v) is 16.6. The number of nitrogens with one attached hydrogen (secondary N) is 3. The monoisotopic (exact) mass is 360 g/mol. The molecule has 6 heteroatoms. The molecule has 2 rings (SSSR count). The molecule has 2 atom stereocenters. The van der Waals surface area contributed by atoms with Gasteiger partial charge in [-0.3, -0.25) is 9.59 Å². The van der Waals surface area contributed by atoms with Gasteiger partial charge in [0.15, 0.2) is 0 Å². The van der Waals surface area contributed by atoms with Crippen LogP contribution in [0, 0.1) is 11.8 Å². The summed E-state index contributed by atoms with van der Waals surface area (Å²) in [4.78, 5) is 27.0. The van der Waals surface area contributed by atoms with Gasteiger partial charge >= 0.3 is 0 Å². The molecule has 0 radical (unpaired) electrons. The van der Waals surface area contributed by atoms with Gasteiger partial charge in [0.05, 0.1) is 11.4 Å². The molecule has 1 aromatic carbocycles. The third-order valence-corrected chi connectivity index (χ3v) is 4.88. The van der Waals surface area contributed by atoms with Gasteiger partial charge in [-0.1, -0.05) is 34.6 Å². The Hall–Kier alpha value is -2.08. The lowest BCUT2D eigenvalue weighted by Gasteiger charge is -2.29. The largest absolute Gasteiger partial charge is 0.372 e. The molecular weight excluding hydrogens is 328 g/mol. The van der Waals surface area contributed by atoms with Crippen molar-refractivity contribution in [3.05, 3.63) is 23.8 Å². The summed E-state index contributed by atoms with van der Waals surface area (Å²) in [6.45, 7) is 14.1. The summed E-state index contributed by atoms with van der Waals surface area (Å²) in [6, 6.07) is 5.15. The highest BCUT2D eigenvalue weighted by Crippen LogP contribution is 2.29. The second-order valence-electron chi connectivity index (χ2n) is 7.42. The van der Waals surface area contributed by atoms with Crippen LogP contribution in [0.25, 0.3) is 0 Å². The summed E-state index contributed by atoms with van der Waals surface area (Å²) in [7, 11) is 0. The van der Waals surface area contributed by atoms with Crippen LogP contribution in [0.3, 0.4) is 0 Å². The summed E-state index contributed by atoms with van der Waals surface area (Å²) < 4.78 is 0. The molecule has 0 saturated carbocycles. The van der Waals surface area contributed by atoms with Gasteiger partial charge in [-0.05, 0) is 43.1 Å². The van der Waals surface area contributed by atoms with E-state index < -0.39 is 0 Å². The van der Waals surface area contributed by atoms with Gasteiger partial charge in [0.1, 0.15) is 6.04 Å². The molecule has 0 saturated heterocycles. The van der Waals surface area contributed by atoms with Gasteiger partial charge in [-0.25, -0.2) is 0 Å². The SMILES string of the molecule is CCN(CC)C[C@@H](C)CNC(=O)c1ccc2c(c1)NC(=O)[C@@H](C(C)C)N2. The van der Waals surface area contributed by atoms with Crippen molar-refractivity contribution in [3.63, 3.8) is 0 Å². The number of rotatable bonds is 8. The van der Waals surface area contributed by atoms with E-state index in [0.29, 0.717) is 23.7 Å². The standard InChI is InChI=1S/C20H32N4O2/c1-6-24(7-2)12-14(5)11-21-19(25)15-8-9-16-17(10-15)23-20(26)18(22-16)13(3)4/h8-10,13-14,18,22H,6-7,11-12H2,1-5H3,(H,21,25)(H,23,26)/t14-,18+/m0/s1. The Kier molecular flexibility index (Phi) is 7.03. The Morgan fingerprint density at radius 2 is 1.88 bits per heavy atom. The van der Waals surface area contributed by atoms with E-state index in [-0.39, 0.29) is 23.8 Å². The van der Waals surface area contributed by atoms with Crippen LogP contribution >= 0.6 is 0 Å². The van der Waals surface area contributed by atoms with E-state index in [9.17, 15) is 9.59 Å². The smallest absolute Gasteiger partial charge is 0.251 e. The first-order valence-electron chi connectivity index (χ1n) is 9.57. The Balaban J connectivity index is 1.97. The third-order valence-electron chi connectivity index (χ3n) is 4.88. The van der Waals surface area contributed by atoms with E-state index in [0.717, 1.165) is 25.3 Å². The summed E-state index contributed by atoms with van der Waals surface area (Å²) in [5.41, 5.74) is 2.08. The average molecular weight is 361 g/mol. The van der Waals surface area contributed by atoms with Crippen molar-refractivity contribution in [1.82, 2.24) is 10.2 Å². The van der Waals surface area contributed by atoms with Crippen LogP contribution in [0.2, 0.25) is 0 Å². The van der Waals surface area contributed by atoms with E-state index in [1.54, 1.807) is 12.1 Å². The maximum absolute atomic E-state index is 12.5. The minimum absolute atomic E-state index is 0.0575. The lowest BCUT2D eigenvalue weighted by atomic mass is 9.99. The highest BCUT2D eigenvalue weighted by molar-refractivity contribution is 6.05. The molecule has 0 bridgehead atoms. The third kappa shape index (κ3) is 4.97. The van der Waals surface area contributed by atoms with Crippen LogP contribution in [0.4, 0.5) is 11.4 Å². The Labute approximate surface area is 156 Å². The molecule has 6 nitrogen and oxygen atoms in total. The second kappa shape index (κ2) is 9.03. The Morgan fingerprint density at radius 3 is 2.50 bits per heavy atom. The van der Waals surface area contributed by atoms with Crippen molar-refractivity contribution in [3.8, 4) is 0 Å². The van der Waals surface area contributed by atoms with E-state index in [4.69, 9.17) is 0 Å². The fraction of sp³-hybridized carbons (Fsp3) is 0.600. The number of anilines is 2. The van der Waals surface area contributed by atoms with E-state index in [1.165, 1.54) is 0 Å². The fourth-order valence-corrected chi connectivity index (χ4v) is 3.18. The molecule has 0 aliphatic carbocycles. The molecule has 1 aliphatic heterocycles. The highest BCUT2D eigenvalue weighted by Gasteiger charge is 2.28. The number of benzene rings is 1. The van der Waals surface area contributed by atoms with E-state index in [1.807, 2.05) is 19.9 Å². The Bertz CT molecular complexity index is 641. The zero-order valence-electron chi connectivity index (χ0n) is 16.6. The van der Waals surface area contributed by atoms with Crippen LogP contribution < -0.4 is 16.0 Å². The first-order valence-corrected chi connectivity index (χ1v) is 9.57. The maximum Gasteiger partial charge on any atom is 0.251 e. The van der Waals surface area contributed by atoms with Crippen molar-refractivity contribution in [2.75, 3.05) is 36.8 Å². The molecular formula is C20H32N4O2. The second-order valence-corrected chi connectivity index (χ2v) is 7.42. The van der Waals surface area contributed by atoms with Crippen LogP contribution in [0.5, 0.6) is 0 Å². The number of hydrogen-bond donors (Lipinski definition) is 3. The van der Waals surface area contributed by atoms with Gasteiger partial charge in [-0.2, -0.15) is 0 Å². The molecule has 0 spiro atoms. The molecule has 26 heavy (non-hydrogen) atoms. The number of nitrogens with zero attached hydrogens (tertiary/aromatic N) is 1. The van der Waals surface area contributed by atoms with Crippen molar-refractivity contribution < 1.29 is 9.59 Å². The zero-order chi connectivity index (χ0) is 19.3. The van der Waals surface area contributed by atoms with Gasteiger partial charge in [0.2, 0.25) is 5.91 Å².